The van der Waals surface area contributed by atoms with Gasteiger partial charge in [-0.25, -0.2) is 8.42 Å². The number of piperazine rings is 1. The number of methoxy groups -OCH3 is 1. The topological polar surface area (TPSA) is 66.9 Å². The molecule has 0 N–H and O–H groups in total. The summed E-state index contributed by atoms with van der Waals surface area (Å²) in [7, 11) is -2.30. The zero-order valence-corrected chi connectivity index (χ0v) is 16.0. The minimum absolute atomic E-state index is 0.0943. The van der Waals surface area contributed by atoms with Crippen LogP contribution in [0.15, 0.2) is 27.6 Å². The number of halogens is 2. The lowest BCUT2D eigenvalue weighted by molar-refractivity contribution is -0.146. The van der Waals surface area contributed by atoms with E-state index in [1.807, 2.05) is 4.90 Å². The van der Waals surface area contributed by atoms with E-state index in [4.69, 9.17) is 16.3 Å². The molecular weight excluding hydrogens is 408 g/mol. The summed E-state index contributed by atoms with van der Waals surface area (Å²) >= 11 is 9.33. The van der Waals surface area contributed by atoms with Gasteiger partial charge in [-0.3, -0.25) is 9.69 Å². The fourth-order valence-electron chi connectivity index (χ4n) is 2.47. The second-order valence-corrected chi connectivity index (χ2v) is 8.44. The van der Waals surface area contributed by atoms with Crippen LogP contribution in [0.4, 0.5) is 0 Å². The molecule has 6 nitrogen and oxygen atoms in total. The van der Waals surface area contributed by atoms with Crippen LogP contribution in [0.25, 0.3) is 0 Å². The molecule has 0 amide bonds. The van der Waals surface area contributed by atoms with Gasteiger partial charge in [0.15, 0.2) is 0 Å². The van der Waals surface area contributed by atoms with Crippen molar-refractivity contribution in [3.8, 4) is 0 Å². The molecule has 1 aliphatic heterocycles. The molecule has 1 heterocycles. The number of nitrogens with zero attached hydrogens (tertiary/aromatic N) is 2. The minimum atomic E-state index is -3.65. The van der Waals surface area contributed by atoms with E-state index in [2.05, 4.69) is 15.9 Å². The quantitative estimate of drug-likeness (QED) is 0.690. The van der Waals surface area contributed by atoms with E-state index >= 15 is 0 Å². The van der Waals surface area contributed by atoms with Crippen molar-refractivity contribution in [1.29, 1.82) is 0 Å². The average Bonchev–Trinajstić information content (AvgIpc) is 2.53. The molecule has 128 valence electrons. The molecule has 0 saturated carbocycles. The lowest BCUT2D eigenvalue weighted by Crippen LogP contribution is -2.53. The standard InChI is InChI=1S/C14H18BrClN2O4S/c1-10(14(19)22-2)17-5-7-18(8-6-17)23(20,21)13-4-3-11(15)9-12(13)16/h3-4,9-10H,5-8H2,1-2H3. The first-order valence-electron chi connectivity index (χ1n) is 7.04. The molecular formula is C14H18BrClN2O4S. The molecule has 1 fully saturated rings. The molecule has 1 aromatic rings. The Hall–Kier alpha value is -0.670. The first-order valence-corrected chi connectivity index (χ1v) is 9.65. The highest BCUT2D eigenvalue weighted by Gasteiger charge is 2.33. The van der Waals surface area contributed by atoms with Crippen molar-refractivity contribution in [2.45, 2.75) is 17.9 Å². The molecule has 1 aliphatic rings. The van der Waals surface area contributed by atoms with Gasteiger partial charge in [0.2, 0.25) is 10.0 Å². The van der Waals surface area contributed by atoms with Gasteiger partial charge < -0.3 is 4.74 Å². The first-order chi connectivity index (χ1) is 10.8. The fraction of sp³-hybridized carbons (Fsp3) is 0.500. The molecule has 1 atom stereocenters. The van der Waals surface area contributed by atoms with Crippen LogP contribution in [0, 0.1) is 0 Å². The third-order valence-electron chi connectivity index (χ3n) is 3.87. The average molecular weight is 426 g/mol. The van der Waals surface area contributed by atoms with Gasteiger partial charge in [-0.1, -0.05) is 27.5 Å². The summed E-state index contributed by atoms with van der Waals surface area (Å²) in [6.07, 6.45) is 0. The van der Waals surface area contributed by atoms with Crippen LogP contribution in [-0.2, 0) is 19.6 Å². The van der Waals surface area contributed by atoms with Crippen molar-refractivity contribution in [1.82, 2.24) is 9.21 Å². The van der Waals surface area contributed by atoms with Gasteiger partial charge in [-0.2, -0.15) is 4.31 Å². The van der Waals surface area contributed by atoms with Crippen molar-refractivity contribution in [2.24, 2.45) is 0 Å². The van der Waals surface area contributed by atoms with E-state index in [0.717, 1.165) is 4.47 Å². The Labute approximate surface area is 149 Å². The summed E-state index contributed by atoms with van der Waals surface area (Å²) in [5.74, 6) is -0.322. The van der Waals surface area contributed by atoms with Crippen LogP contribution < -0.4 is 0 Å². The molecule has 1 aromatic carbocycles. The Balaban J connectivity index is 2.11. The van der Waals surface area contributed by atoms with Gasteiger partial charge in [0.25, 0.3) is 0 Å². The van der Waals surface area contributed by atoms with Crippen molar-refractivity contribution in [3.05, 3.63) is 27.7 Å². The van der Waals surface area contributed by atoms with Crippen molar-refractivity contribution in [3.63, 3.8) is 0 Å². The second kappa shape index (κ2) is 7.48. The van der Waals surface area contributed by atoms with Gasteiger partial charge in [0, 0.05) is 30.7 Å². The lowest BCUT2D eigenvalue weighted by Gasteiger charge is -2.36. The minimum Gasteiger partial charge on any atom is -0.468 e. The zero-order valence-electron chi connectivity index (χ0n) is 12.8. The Bertz CT molecular complexity index is 690. The van der Waals surface area contributed by atoms with Crippen molar-refractivity contribution < 1.29 is 17.9 Å². The van der Waals surface area contributed by atoms with Gasteiger partial charge in [-0.05, 0) is 25.1 Å². The number of hydrogen-bond acceptors (Lipinski definition) is 5. The van der Waals surface area contributed by atoms with E-state index in [-0.39, 0.29) is 21.9 Å². The highest BCUT2D eigenvalue weighted by atomic mass is 79.9. The third-order valence-corrected chi connectivity index (χ3v) is 6.75. The van der Waals surface area contributed by atoms with E-state index in [1.54, 1.807) is 19.1 Å². The smallest absolute Gasteiger partial charge is 0.322 e. The summed E-state index contributed by atoms with van der Waals surface area (Å²) in [6.45, 7) is 3.28. The first kappa shape index (κ1) is 18.7. The fourth-order valence-corrected chi connectivity index (χ4v) is 4.91. The molecule has 1 saturated heterocycles. The predicted molar refractivity (Wildman–Crippen MR) is 91.0 cm³/mol. The SMILES string of the molecule is COC(=O)C(C)N1CCN(S(=O)(=O)c2ccc(Br)cc2Cl)CC1. The van der Waals surface area contributed by atoms with Crippen LogP contribution in [0.5, 0.6) is 0 Å². The van der Waals surface area contributed by atoms with Crippen molar-refractivity contribution in [2.75, 3.05) is 33.3 Å². The van der Waals surface area contributed by atoms with Crippen LogP contribution >= 0.6 is 27.5 Å². The number of esters is 1. The zero-order chi connectivity index (χ0) is 17.2. The highest BCUT2D eigenvalue weighted by molar-refractivity contribution is 9.10. The lowest BCUT2D eigenvalue weighted by atomic mass is 10.2. The molecule has 0 bridgehead atoms. The summed E-state index contributed by atoms with van der Waals surface area (Å²) in [5, 5.41) is 0.185. The normalized spacial score (nSPS) is 18.6. The number of sulfonamides is 1. The Morgan fingerprint density at radius 2 is 1.91 bits per heavy atom. The van der Waals surface area contributed by atoms with E-state index < -0.39 is 10.0 Å². The number of ether oxygens (including phenoxy) is 1. The highest BCUT2D eigenvalue weighted by Crippen LogP contribution is 2.28. The van der Waals surface area contributed by atoms with E-state index in [1.165, 1.54) is 17.5 Å². The Morgan fingerprint density at radius 3 is 2.43 bits per heavy atom. The number of rotatable bonds is 4. The van der Waals surface area contributed by atoms with Crippen LogP contribution in [0.2, 0.25) is 5.02 Å². The number of carbonyl (C=O) groups is 1. The van der Waals surface area contributed by atoms with Gasteiger partial charge >= 0.3 is 5.97 Å². The molecule has 1 unspecified atom stereocenters. The number of carbonyl (C=O) groups excluding carboxylic acids is 1. The van der Waals surface area contributed by atoms with Gasteiger partial charge in [-0.15, -0.1) is 0 Å². The molecule has 2 rings (SSSR count). The summed E-state index contributed by atoms with van der Waals surface area (Å²) < 4.78 is 32.2. The largest absolute Gasteiger partial charge is 0.468 e. The molecule has 0 radical (unpaired) electrons. The van der Waals surface area contributed by atoms with Gasteiger partial charge in [0.1, 0.15) is 10.9 Å². The maximum Gasteiger partial charge on any atom is 0.322 e. The third kappa shape index (κ3) is 4.06. The molecule has 9 heteroatoms. The molecule has 23 heavy (non-hydrogen) atoms. The van der Waals surface area contributed by atoms with Crippen molar-refractivity contribution >= 4 is 43.5 Å². The van der Waals surface area contributed by atoms with E-state index in [0.29, 0.717) is 26.2 Å². The summed E-state index contributed by atoms with van der Waals surface area (Å²) in [5.41, 5.74) is 0. The Morgan fingerprint density at radius 1 is 1.30 bits per heavy atom. The Kier molecular flexibility index (Phi) is 6.07. The molecule has 0 aromatic heterocycles. The maximum absolute atomic E-state index is 12.7. The van der Waals surface area contributed by atoms with E-state index in [9.17, 15) is 13.2 Å². The summed E-state index contributed by atoms with van der Waals surface area (Å²) in [6, 6.07) is 4.31. The predicted octanol–water partition coefficient (Wildman–Crippen LogP) is 1.97. The maximum atomic E-state index is 12.7. The monoisotopic (exact) mass is 424 g/mol. The summed E-state index contributed by atoms with van der Waals surface area (Å²) in [4.78, 5) is 13.6. The number of benzene rings is 1. The second-order valence-electron chi connectivity index (χ2n) is 5.21. The number of hydrogen-bond donors (Lipinski definition) is 0. The van der Waals surface area contributed by atoms with Crippen LogP contribution in [0.3, 0.4) is 0 Å². The molecule has 0 aliphatic carbocycles. The molecule has 0 spiro atoms. The van der Waals surface area contributed by atoms with Crippen LogP contribution in [0.1, 0.15) is 6.92 Å². The van der Waals surface area contributed by atoms with Gasteiger partial charge in [0.05, 0.1) is 12.1 Å². The van der Waals surface area contributed by atoms with Crippen LogP contribution in [-0.4, -0.2) is 62.9 Å².